The molecule has 2 rings (SSSR count). The fraction of sp³-hybridized carbons (Fsp3) is 0.500. The molecule has 0 atom stereocenters. The fourth-order valence-corrected chi connectivity index (χ4v) is 3.88. The van der Waals surface area contributed by atoms with Gasteiger partial charge in [-0.1, -0.05) is 6.07 Å². The lowest BCUT2D eigenvalue weighted by molar-refractivity contribution is -0.159. The van der Waals surface area contributed by atoms with Crippen LogP contribution in [0.2, 0.25) is 0 Å². The van der Waals surface area contributed by atoms with Gasteiger partial charge in [-0.05, 0) is 25.0 Å². The second-order valence-electron chi connectivity index (χ2n) is 5.79. The Morgan fingerprint density at radius 2 is 1.74 bits per heavy atom. The van der Waals surface area contributed by atoms with Gasteiger partial charge in [0.05, 0.1) is 18.0 Å². The number of carboxylic acids is 2. The predicted molar refractivity (Wildman–Crippen MR) is 95.2 cm³/mol. The number of carbonyl (C=O) groups is 3. The van der Waals surface area contributed by atoms with Crippen LogP contribution in [0.5, 0.6) is 0 Å². The third-order valence-electron chi connectivity index (χ3n) is 3.78. The number of nitrogens with zero attached hydrogens (tertiary/aromatic N) is 3. The average Bonchev–Trinajstić information content (AvgIpc) is 3.15. The molecule has 1 aromatic rings. The van der Waals surface area contributed by atoms with Crippen molar-refractivity contribution >= 4 is 27.9 Å². The molecule has 1 saturated heterocycles. The normalized spacial score (nSPS) is 14.1. The van der Waals surface area contributed by atoms with Gasteiger partial charge in [0.15, 0.2) is 0 Å². The molecule has 0 spiro atoms. The van der Waals surface area contributed by atoms with Crippen molar-refractivity contribution in [3.8, 4) is 0 Å². The molecule has 0 aliphatic carbocycles. The molecular formula is C16H23N3O7S. The van der Waals surface area contributed by atoms with Crippen LogP contribution in [0.15, 0.2) is 24.4 Å². The molecule has 2 heterocycles. The maximum Gasteiger partial charge on any atom is 0.414 e. The number of amides is 1. The fourth-order valence-electron chi connectivity index (χ4n) is 2.36. The predicted octanol–water partition coefficient (Wildman–Crippen LogP) is 0.0113. The number of carboxylic acid groups (broad SMARTS) is 2. The minimum Gasteiger partial charge on any atom is -0.473 e. The maximum absolute atomic E-state index is 12.2. The number of hydrogen-bond donors (Lipinski definition) is 2. The molecule has 27 heavy (non-hydrogen) atoms. The van der Waals surface area contributed by atoms with Gasteiger partial charge in [0.2, 0.25) is 15.9 Å². The van der Waals surface area contributed by atoms with Gasteiger partial charge < -0.3 is 15.1 Å². The van der Waals surface area contributed by atoms with Crippen molar-refractivity contribution in [2.24, 2.45) is 0 Å². The first kappa shape index (κ1) is 22.5. The Morgan fingerprint density at radius 1 is 1.15 bits per heavy atom. The Kier molecular flexibility index (Phi) is 8.82. The monoisotopic (exact) mass is 401 g/mol. The first-order chi connectivity index (χ1) is 12.6. The van der Waals surface area contributed by atoms with E-state index in [0.29, 0.717) is 19.6 Å². The van der Waals surface area contributed by atoms with Gasteiger partial charge in [-0.2, -0.15) is 0 Å². The summed E-state index contributed by atoms with van der Waals surface area (Å²) in [6.45, 7) is 3.19. The van der Waals surface area contributed by atoms with Crippen LogP contribution < -0.4 is 0 Å². The number of hydrogen-bond acceptors (Lipinski definition) is 6. The lowest BCUT2D eigenvalue weighted by atomic mass is 10.3. The number of aromatic nitrogens is 1. The number of sulfonamides is 1. The Bertz CT molecular complexity index is 735. The molecule has 0 aromatic carbocycles. The number of pyridine rings is 1. The van der Waals surface area contributed by atoms with Crippen LogP contribution in [0.4, 0.5) is 0 Å². The minimum atomic E-state index is -3.26. The highest BCUT2D eigenvalue weighted by Crippen LogP contribution is 2.13. The quantitative estimate of drug-likeness (QED) is 0.634. The van der Waals surface area contributed by atoms with Crippen LogP contribution in [0.1, 0.15) is 25.5 Å². The molecule has 0 unspecified atom stereocenters. The zero-order valence-corrected chi connectivity index (χ0v) is 15.8. The van der Waals surface area contributed by atoms with E-state index in [9.17, 15) is 13.2 Å². The molecule has 1 aromatic heterocycles. The van der Waals surface area contributed by atoms with E-state index in [2.05, 4.69) is 4.98 Å². The van der Waals surface area contributed by atoms with Crippen LogP contribution in [0.25, 0.3) is 0 Å². The second-order valence-corrected chi connectivity index (χ2v) is 7.88. The molecule has 1 amide bonds. The molecular weight excluding hydrogens is 378 g/mol. The average molecular weight is 401 g/mol. The number of rotatable bonds is 6. The molecule has 0 radical (unpaired) electrons. The summed E-state index contributed by atoms with van der Waals surface area (Å²) in [6, 6.07) is 5.48. The van der Waals surface area contributed by atoms with Gasteiger partial charge in [0, 0.05) is 32.8 Å². The molecule has 1 aliphatic rings. The molecule has 0 saturated carbocycles. The van der Waals surface area contributed by atoms with Gasteiger partial charge >= 0.3 is 11.9 Å². The van der Waals surface area contributed by atoms with E-state index in [-0.39, 0.29) is 18.2 Å². The SMILES string of the molecule is CC(=O)N(CCS(=O)(=O)N1CCCC1)Cc1ccccn1.O=C(O)C(=O)O. The van der Waals surface area contributed by atoms with Crippen molar-refractivity contribution in [1.82, 2.24) is 14.2 Å². The number of aliphatic carboxylic acids is 2. The molecule has 1 aliphatic heterocycles. The summed E-state index contributed by atoms with van der Waals surface area (Å²) in [6.07, 6.45) is 3.50. The van der Waals surface area contributed by atoms with E-state index >= 15 is 0 Å². The summed E-state index contributed by atoms with van der Waals surface area (Å²) >= 11 is 0. The van der Waals surface area contributed by atoms with Crippen molar-refractivity contribution < 1.29 is 33.0 Å². The Balaban J connectivity index is 0.000000527. The first-order valence-corrected chi connectivity index (χ1v) is 9.84. The van der Waals surface area contributed by atoms with Gasteiger partial charge in [0.1, 0.15) is 0 Å². The molecule has 2 N–H and O–H groups in total. The summed E-state index contributed by atoms with van der Waals surface area (Å²) in [5, 5.41) is 14.8. The summed E-state index contributed by atoms with van der Waals surface area (Å²) in [7, 11) is -3.26. The molecule has 0 bridgehead atoms. The van der Waals surface area contributed by atoms with Gasteiger partial charge in [-0.25, -0.2) is 22.3 Å². The standard InChI is InChI=1S/C14H21N3O3S.C2H2O4/c1-13(18)16(12-14-6-2-3-7-15-14)10-11-21(19,20)17-8-4-5-9-17;3-1(4)2(5)6/h2-3,6-7H,4-5,8-12H2,1H3;(H,3,4)(H,5,6). The Labute approximate surface area is 157 Å². The van der Waals surface area contributed by atoms with Gasteiger partial charge in [-0.3, -0.25) is 9.78 Å². The molecule has 11 heteroatoms. The smallest absolute Gasteiger partial charge is 0.414 e. The van der Waals surface area contributed by atoms with Crippen LogP contribution >= 0.6 is 0 Å². The van der Waals surface area contributed by atoms with Gasteiger partial charge in [-0.15, -0.1) is 0 Å². The van der Waals surface area contributed by atoms with Crippen molar-refractivity contribution in [3.05, 3.63) is 30.1 Å². The first-order valence-electron chi connectivity index (χ1n) is 8.23. The van der Waals surface area contributed by atoms with Crippen LogP contribution in [0, 0.1) is 0 Å². The van der Waals surface area contributed by atoms with Crippen LogP contribution in [-0.4, -0.2) is 76.1 Å². The van der Waals surface area contributed by atoms with E-state index in [1.54, 1.807) is 12.3 Å². The topological polar surface area (TPSA) is 145 Å². The third-order valence-corrected chi connectivity index (χ3v) is 5.64. The zero-order valence-electron chi connectivity index (χ0n) is 14.9. The number of carbonyl (C=O) groups excluding carboxylic acids is 1. The lowest BCUT2D eigenvalue weighted by Gasteiger charge is -2.22. The zero-order chi connectivity index (χ0) is 20.4. The molecule has 1 fully saturated rings. The van der Waals surface area contributed by atoms with Gasteiger partial charge in [0.25, 0.3) is 0 Å². The van der Waals surface area contributed by atoms with E-state index < -0.39 is 22.0 Å². The van der Waals surface area contributed by atoms with Crippen LogP contribution in [0.3, 0.4) is 0 Å². The van der Waals surface area contributed by atoms with E-state index in [1.165, 1.54) is 16.1 Å². The van der Waals surface area contributed by atoms with E-state index in [4.69, 9.17) is 19.8 Å². The Morgan fingerprint density at radius 3 is 2.19 bits per heavy atom. The summed E-state index contributed by atoms with van der Waals surface area (Å²) in [5.41, 5.74) is 0.756. The highest BCUT2D eigenvalue weighted by molar-refractivity contribution is 7.89. The van der Waals surface area contributed by atoms with Crippen LogP contribution in [-0.2, 0) is 31.0 Å². The summed E-state index contributed by atoms with van der Waals surface area (Å²) in [5.74, 6) is -3.82. The highest BCUT2D eigenvalue weighted by Gasteiger charge is 2.26. The van der Waals surface area contributed by atoms with E-state index in [0.717, 1.165) is 18.5 Å². The molecule has 10 nitrogen and oxygen atoms in total. The van der Waals surface area contributed by atoms with Crippen molar-refractivity contribution in [3.63, 3.8) is 0 Å². The van der Waals surface area contributed by atoms with Crippen molar-refractivity contribution in [2.75, 3.05) is 25.4 Å². The third kappa shape index (κ3) is 8.13. The summed E-state index contributed by atoms with van der Waals surface area (Å²) < 4.78 is 25.9. The molecule has 150 valence electrons. The van der Waals surface area contributed by atoms with Crippen molar-refractivity contribution in [1.29, 1.82) is 0 Å². The van der Waals surface area contributed by atoms with E-state index in [1.807, 2.05) is 12.1 Å². The second kappa shape index (κ2) is 10.6. The van der Waals surface area contributed by atoms with Crippen molar-refractivity contribution in [2.45, 2.75) is 26.3 Å². The lowest BCUT2D eigenvalue weighted by Crippen LogP contribution is -2.38. The highest BCUT2D eigenvalue weighted by atomic mass is 32.2. The summed E-state index contributed by atoms with van der Waals surface area (Å²) in [4.78, 5) is 35.6. The maximum atomic E-state index is 12.2. The minimum absolute atomic E-state index is 0.0284. The Hall–Kier alpha value is -2.53. The largest absolute Gasteiger partial charge is 0.473 e.